The number of hydrogen-bond acceptors (Lipinski definition) is 1. The van der Waals surface area contributed by atoms with Gasteiger partial charge in [0.1, 0.15) is 0 Å². The molecule has 0 aliphatic carbocycles. The molecular formula is C10H18O. The van der Waals surface area contributed by atoms with Gasteiger partial charge in [0.2, 0.25) is 0 Å². The monoisotopic (exact) mass is 156 g/mol. The normalized spacial score (nSPS) is 16.7. The van der Waals surface area contributed by atoms with Crippen LogP contribution in [0.2, 0.25) is 0 Å². The molecule has 0 aromatic carbocycles. The van der Waals surface area contributed by atoms with Crippen molar-refractivity contribution >= 4 is 0 Å². The molecule has 0 aliphatic heterocycles. The minimum atomic E-state index is -0.845. The number of allylic oxidation sites excluding steroid dienone is 3. The van der Waals surface area contributed by atoms with Crippen LogP contribution in [0.15, 0.2) is 23.3 Å². The van der Waals surface area contributed by atoms with Crippen LogP contribution in [-0.4, -0.2) is 11.7 Å². The summed E-state index contributed by atoms with van der Waals surface area (Å²) in [6.45, 7) is 3.02. The summed E-state index contributed by atoms with van der Waals surface area (Å²) in [5.41, 5.74) is 1.94. The summed E-state index contributed by atoms with van der Waals surface area (Å²) in [5, 5.41) is 8.58. The molecule has 0 unspecified atom stereocenters. The van der Waals surface area contributed by atoms with Gasteiger partial charge in [-0.3, -0.25) is 0 Å². The molecule has 0 saturated carbocycles. The van der Waals surface area contributed by atoms with Crippen molar-refractivity contribution in [2.75, 3.05) is 6.61 Å². The molecule has 0 radical (unpaired) electrons. The second kappa shape index (κ2) is 6.17. The van der Waals surface area contributed by atoms with E-state index in [1.54, 1.807) is 13.0 Å². The van der Waals surface area contributed by atoms with Crippen molar-refractivity contribution in [3.63, 3.8) is 0 Å². The van der Waals surface area contributed by atoms with Crippen molar-refractivity contribution in [1.29, 1.82) is 0 Å². The van der Waals surface area contributed by atoms with E-state index in [1.807, 2.05) is 13.0 Å². The smallest absolute Gasteiger partial charge is 0.0614 e. The summed E-state index contributed by atoms with van der Waals surface area (Å²) in [4.78, 5) is 0. The molecule has 0 aromatic rings. The number of rotatable bonds is 4. The summed E-state index contributed by atoms with van der Waals surface area (Å²) in [6.07, 6.45) is 5.44. The topological polar surface area (TPSA) is 20.2 Å². The van der Waals surface area contributed by atoms with Crippen molar-refractivity contribution in [2.45, 2.75) is 33.6 Å². The van der Waals surface area contributed by atoms with Gasteiger partial charge in [0, 0.05) is 2.74 Å². The van der Waals surface area contributed by atoms with Gasteiger partial charge in [-0.25, -0.2) is 0 Å². The Bertz CT molecular complexity index is 195. The molecule has 0 fully saturated rings. The molecule has 0 rings (SSSR count). The van der Waals surface area contributed by atoms with E-state index in [9.17, 15) is 0 Å². The minimum absolute atomic E-state index is 0.0913. The zero-order valence-electron chi connectivity index (χ0n) is 9.30. The van der Waals surface area contributed by atoms with E-state index in [4.69, 9.17) is 7.85 Å². The van der Waals surface area contributed by atoms with Crippen molar-refractivity contribution in [3.05, 3.63) is 23.3 Å². The first kappa shape index (κ1) is 7.11. The Balaban J connectivity index is 3.78. The Labute approximate surface area is 72.2 Å². The van der Waals surface area contributed by atoms with Gasteiger partial charge in [-0.2, -0.15) is 0 Å². The van der Waals surface area contributed by atoms with Crippen LogP contribution >= 0.6 is 0 Å². The molecule has 1 heteroatoms. The summed E-state index contributed by atoms with van der Waals surface area (Å²) in [5.74, 6) is 0. The first-order chi connectivity index (χ1) is 6.07. The third kappa shape index (κ3) is 7.34. The van der Waals surface area contributed by atoms with Crippen molar-refractivity contribution in [2.24, 2.45) is 0 Å². The average molecular weight is 156 g/mol. The molecule has 0 bridgehead atoms. The van der Waals surface area contributed by atoms with Crippen molar-refractivity contribution in [1.82, 2.24) is 0 Å². The number of aliphatic hydroxyl groups is 1. The highest BCUT2D eigenvalue weighted by molar-refractivity contribution is 5.01. The Hall–Kier alpha value is -0.560. The highest BCUT2D eigenvalue weighted by atomic mass is 16.2. The largest absolute Gasteiger partial charge is 0.392 e. The fourth-order valence-electron chi connectivity index (χ4n) is 0.785. The van der Waals surface area contributed by atoms with Gasteiger partial charge in [-0.15, -0.1) is 0 Å². The van der Waals surface area contributed by atoms with E-state index in [-0.39, 0.29) is 6.61 Å². The fourth-order valence-corrected chi connectivity index (χ4v) is 0.785. The summed E-state index contributed by atoms with van der Waals surface area (Å²) < 4.78 is 14.2. The molecule has 0 spiro atoms. The van der Waals surface area contributed by atoms with Crippen molar-refractivity contribution < 1.29 is 7.85 Å². The molecule has 0 atom stereocenters. The zero-order chi connectivity index (χ0) is 10.3. The van der Waals surface area contributed by atoms with Crippen LogP contribution in [0, 0.1) is 0 Å². The standard InChI is InChI=1S/C10H18O/c1-9(2)5-4-6-10(3)7-8-11/h5,7,11H,4,6,8H2,1-3H3/b10-7+/i1D2/b9-5?,10-7+. The molecular weight excluding hydrogens is 136 g/mol. The Morgan fingerprint density at radius 1 is 1.45 bits per heavy atom. The molecule has 0 amide bonds. The first-order valence-corrected chi connectivity index (χ1v) is 3.85. The van der Waals surface area contributed by atoms with Crippen LogP contribution in [0.4, 0.5) is 0 Å². The van der Waals surface area contributed by atoms with Gasteiger partial charge in [0.15, 0.2) is 0 Å². The molecule has 1 nitrogen and oxygen atoms in total. The molecule has 0 saturated heterocycles. The quantitative estimate of drug-likeness (QED) is 0.620. The fraction of sp³-hybridized carbons (Fsp3) is 0.600. The summed E-state index contributed by atoms with van der Waals surface area (Å²) >= 11 is 0. The molecule has 1 N–H and O–H groups in total. The van der Waals surface area contributed by atoms with Crippen LogP contribution in [0.25, 0.3) is 0 Å². The van der Waals surface area contributed by atoms with E-state index in [0.717, 1.165) is 24.0 Å². The third-order valence-corrected chi connectivity index (χ3v) is 1.44. The van der Waals surface area contributed by atoms with E-state index < -0.39 is 6.88 Å². The predicted molar refractivity (Wildman–Crippen MR) is 49.5 cm³/mol. The highest BCUT2D eigenvalue weighted by Crippen LogP contribution is 2.05. The molecule has 0 heterocycles. The summed E-state index contributed by atoms with van der Waals surface area (Å²) in [7, 11) is 0. The SMILES string of the molecule is [2H]C([2H])C(C)=CCC/C(C)=C/CO. The predicted octanol–water partition coefficient (Wildman–Crippen LogP) is 2.67. The second-order valence-corrected chi connectivity index (χ2v) is 2.72. The van der Waals surface area contributed by atoms with Gasteiger partial charge in [0.25, 0.3) is 0 Å². The maximum absolute atomic E-state index is 8.58. The lowest BCUT2D eigenvalue weighted by Gasteiger charge is -1.96. The maximum Gasteiger partial charge on any atom is 0.0614 e. The lowest BCUT2D eigenvalue weighted by molar-refractivity contribution is 0.341. The molecule has 64 valence electrons. The maximum atomic E-state index is 8.58. The van der Waals surface area contributed by atoms with Crippen LogP contribution in [0.5, 0.6) is 0 Å². The van der Waals surface area contributed by atoms with Crippen LogP contribution in [0.1, 0.15) is 36.3 Å². The summed E-state index contributed by atoms with van der Waals surface area (Å²) in [6, 6.07) is 0. The van der Waals surface area contributed by atoms with Gasteiger partial charge >= 0.3 is 0 Å². The van der Waals surface area contributed by atoms with E-state index >= 15 is 0 Å². The average Bonchev–Trinajstić information content (AvgIpc) is 2.04. The van der Waals surface area contributed by atoms with Gasteiger partial charge in [-0.05, 0) is 33.6 Å². The van der Waals surface area contributed by atoms with E-state index in [0.29, 0.717) is 0 Å². The Kier molecular flexibility index (Phi) is 3.99. The Morgan fingerprint density at radius 3 is 2.73 bits per heavy atom. The van der Waals surface area contributed by atoms with Crippen LogP contribution in [0.3, 0.4) is 0 Å². The molecule has 0 aliphatic rings. The Morgan fingerprint density at radius 2 is 2.18 bits per heavy atom. The van der Waals surface area contributed by atoms with Crippen LogP contribution in [-0.2, 0) is 0 Å². The van der Waals surface area contributed by atoms with Gasteiger partial charge < -0.3 is 5.11 Å². The third-order valence-electron chi connectivity index (χ3n) is 1.44. The minimum Gasteiger partial charge on any atom is -0.392 e. The lowest BCUT2D eigenvalue weighted by atomic mass is 10.1. The first-order valence-electron chi connectivity index (χ1n) is 5.01. The zero-order valence-corrected chi connectivity index (χ0v) is 7.30. The second-order valence-electron chi connectivity index (χ2n) is 2.72. The number of hydrogen-bond donors (Lipinski definition) is 1. The van der Waals surface area contributed by atoms with E-state index in [1.165, 1.54) is 0 Å². The molecule has 0 aromatic heterocycles. The number of aliphatic hydroxyl groups excluding tert-OH is 1. The molecule has 11 heavy (non-hydrogen) atoms. The van der Waals surface area contributed by atoms with E-state index in [2.05, 4.69) is 0 Å². The van der Waals surface area contributed by atoms with Gasteiger partial charge in [-0.1, -0.05) is 23.3 Å². The lowest BCUT2D eigenvalue weighted by Crippen LogP contribution is -1.80. The van der Waals surface area contributed by atoms with Crippen molar-refractivity contribution in [3.8, 4) is 0 Å². The van der Waals surface area contributed by atoms with Gasteiger partial charge in [0.05, 0.1) is 6.61 Å². The van der Waals surface area contributed by atoms with Crippen LogP contribution < -0.4 is 0 Å². The highest BCUT2D eigenvalue weighted by Gasteiger charge is 1.86.